The molecule has 11 nitrogen and oxygen atoms in total. The Bertz CT molecular complexity index is 1200. The predicted octanol–water partition coefficient (Wildman–Crippen LogP) is 3.20. The Kier molecular flexibility index (Phi) is 8.55. The topological polar surface area (TPSA) is 99.7 Å². The van der Waals surface area contributed by atoms with Gasteiger partial charge in [0.05, 0.1) is 24.3 Å². The summed E-state index contributed by atoms with van der Waals surface area (Å²) in [5, 5.41) is 1.37. The number of hydrogen-bond donors (Lipinski definition) is 1. The van der Waals surface area contributed by atoms with Crippen molar-refractivity contribution in [3.63, 3.8) is 0 Å². The van der Waals surface area contributed by atoms with Gasteiger partial charge < -0.3 is 19.4 Å². The molecule has 1 N–H and O–H groups in total. The summed E-state index contributed by atoms with van der Waals surface area (Å²) in [4.78, 5) is 47.1. The van der Waals surface area contributed by atoms with Gasteiger partial charge in [-0.25, -0.2) is 15.3 Å². The first-order chi connectivity index (χ1) is 19.3. The number of amides is 2. The number of pyridine rings is 1. The quantitative estimate of drug-likeness (QED) is 0.371. The molecule has 2 aliphatic heterocycles. The Morgan fingerprint density at radius 2 is 2.00 bits per heavy atom. The standard InChI is InChI=1S/C29H40N6O5/c1-21-16-23(22-6-7-22)18-30-27(21)32-11-13-33(14-12-32)28(37)25-9-8-24(34(20-36)19-29(2,3)38-4)17-26(25)35-31-10-5-15-39-40-35/h8-9,16-18,20,22,31H,5-7,10-15,19H2,1-4H3. The zero-order chi connectivity index (χ0) is 28.3. The molecule has 3 aliphatic rings. The van der Waals surface area contributed by atoms with Crippen LogP contribution in [0.2, 0.25) is 0 Å². The van der Waals surface area contributed by atoms with E-state index >= 15 is 0 Å². The molecule has 0 unspecified atom stereocenters. The minimum Gasteiger partial charge on any atom is -0.377 e. The lowest BCUT2D eigenvalue weighted by molar-refractivity contribution is -0.303. The van der Waals surface area contributed by atoms with E-state index in [1.165, 1.54) is 29.1 Å². The lowest BCUT2D eigenvalue weighted by Gasteiger charge is -2.37. The second-order valence-corrected chi connectivity index (χ2v) is 11.3. The highest BCUT2D eigenvalue weighted by Crippen LogP contribution is 2.40. The van der Waals surface area contributed by atoms with E-state index in [0.29, 0.717) is 68.7 Å². The van der Waals surface area contributed by atoms with E-state index in [2.05, 4.69) is 23.3 Å². The van der Waals surface area contributed by atoms with E-state index in [4.69, 9.17) is 19.6 Å². The van der Waals surface area contributed by atoms with E-state index < -0.39 is 5.60 Å². The average molecular weight is 553 g/mol. The molecule has 0 bridgehead atoms. The Hall–Kier alpha value is -3.25. The van der Waals surface area contributed by atoms with E-state index in [1.54, 1.807) is 30.2 Å². The smallest absolute Gasteiger partial charge is 0.256 e. The summed E-state index contributed by atoms with van der Waals surface area (Å²) >= 11 is 0. The van der Waals surface area contributed by atoms with Gasteiger partial charge in [0.15, 0.2) is 0 Å². The Balaban J connectivity index is 1.35. The number of aryl methyl sites for hydroxylation is 1. The second kappa shape index (κ2) is 12.1. The lowest BCUT2D eigenvalue weighted by Crippen LogP contribution is -2.49. The highest BCUT2D eigenvalue weighted by Gasteiger charge is 2.30. The fourth-order valence-corrected chi connectivity index (χ4v) is 5.12. The molecule has 11 heteroatoms. The maximum atomic E-state index is 13.8. The predicted molar refractivity (Wildman–Crippen MR) is 152 cm³/mol. The van der Waals surface area contributed by atoms with Crippen molar-refractivity contribution >= 4 is 29.5 Å². The summed E-state index contributed by atoms with van der Waals surface area (Å²) in [7, 11) is 1.61. The number of nitrogens with zero attached hydrogens (tertiary/aromatic N) is 5. The van der Waals surface area contributed by atoms with E-state index in [-0.39, 0.29) is 5.91 Å². The maximum absolute atomic E-state index is 13.8. The molecule has 2 amide bonds. The molecule has 1 aliphatic carbocycles. The molecule has 3 fully saturated rings. The van der Waals surface area contributed by atoms with Crippen LogP contribution in [0, 0.1) is 6.92 Å². The molecular formula is C29H40N6O5. The minimum atomic E-state index is -0.554. The van der Waals surface area contributed by atoms with Crippen LogP contribution in [0.15, 0.2) is 30.5 Å². The van der Waals surface area contributed by atoms with Crippen LogP contribution in [-0.2, 0) is 19.4 Å². The molecule has 1 aromatic heterocycles. The number of carbonyl (C=O) groups is 2. The number of aromatic nitrogens is 1. The zero-order valence-corrected chi connectivity index (χ0v) is 23.9. The Morgan fingerprint density at radius 1 is 1.23 bits per heavy atom. The van der Waals surface area contributed by atoms with Crippen molar-refractivity contribution in [2.45, 2.75) is 51.6 Å². The van der Waals surface area contributed by atoms with Crippen LogP contribution in [0.25, 0.3) is 0 Å². The van der Waals surface area contributed by atoms with Gasteiger partial charge in [-0.05, 0) is 75.3 Å². The molecule has 1 aromatic carbocycles. The summed E-state index contributed by atoms with van der Waals surface area (Å²) in [5.74, 6) is 1.56. The number of hydrazine groups is 1. The van der Waals surface area contributed by atoms with E-state index in [0.717, 1.165) is 18.6 Å². The second-order valence-electron chi connectivity index (χ2n) is 11.3. The summed E-state index contributed by atoms with van der Waals surface area (Å²) in [5.41, 5.74) is 6.66. The number of benzene rings is 1. The lowest BCUT2D eigenvalue weighted by atomic mass is 10.1. The van der Waals surface area contributed by atoms with Gasteiger partial charge >= 0.3 is 0 Å². The van der Waals surface area contributed by atoms with Crippen LogP contribution in [0.4, 0.5) is 17.2 Å². The zero-order valence-electron chi connectivity index (χ0n) is 23.9. The van der Waals surface area contributed by atoms with Crippen molar-refractivity contribution in [1.82, 2.24) is 15.3 Å². The van der Waals surface area contributed by atoms with Gasteiger partial charge in [-0.3, -0.25) is 9.59 Å². The normalized spacial score (nSPS) is 18.4. The minimum absolute atomic E-state index is 0.112. The highest BCUT2D eigenvalue weighted by molar-refractivity contribution is 6.01. The monoisotopic (exact) mass is 552 g/mol. The third kappa shape index (κ3) is 6.38. The SMILES string of the molecule is COC(C)(C)CN(C=O)c1ccc(C(=O)N2CCN(c3ncc(C4CC4)cc3C)CC2)c(N2NCCCOO2)c1. The van der Waals surface area contributed by atoms with E-state index in [9.17, 15) is 9.59 Å². The molecule has 216 valence electrons. The van der Waals surface area contributed by atoms with Crippen molar-refractivity contribution in [2.24, 2.45) is 0 Å². The molecule has 40 heavy (non-hydrogen) atoms. The fourth-order valence-electron chi connectivity index (χ4n) is 5.12. The Morgan fingerprint density at radius 3 is 2.67 bits per heavy atom. The average Bonchev–Trinajstić information content (AvgIpc) is 3.83. The van der Waals surface area contributed by atoms with Gasteiger partial charge in [-0.1, -0.05) is 11.1 Å². The number of rotatable bonds is 9. The van der Waals surface area contributed by atoms with Gasteiger partial charge in [0, 0.05) is 51.7 Å². The molecule has 2 saturated heterocycles. The first kappa shape index (κ1) is 28.3. The van der Waals surface area contributed by atoms with Crippen LogP contribution in [0.5, 0.6) is 0 Å². The summed E-state index contributed by atoms with van der Waals surface area (Å²) < 4.78 is 5.53. The molecular weight excluding hydrogens is 512 g/mol. The van der Waals surface area contributed by atoms with Gasteiger partial charge in [-0.15, -0.1) is 0 Å². The number of anilines is 3. The Labute approximate surface area is 235 Å². The van der Waals surface area contributed by atoms with Gasteiger partial charge in [0.1, 0.15) is 11.5 Å². The largest absolute Gasteiger partial charge is 0.377 e. The molecule has 1 saturated carbocycles. The van der Waals surface area contributed by atoms with Crippen LogP contribution < -0.4 is 20.4 Å². The van der Waals surface area contributed by atoms with Gasteiger partial charge in [-0.2, -0.15) is 5.17 Å². The summed E-state index contributed by atoms with van der Waals surface area (Å²) in [6, 6.07) is 7.55. The molecule has 0 atom stereocenters. The van der Waals surface area contributed by atoms with Crippen LogP contribution >= 0.6 is 0 Å². The third-order valence-corrected chi connectivity index (χ3v) is 7.77. The van der Waals surface area contributed by atoms with Crippen LogP contribution in [0.1, 0.15) is 60.5 Å². The first-order valence-corrected chi connectivity index (χ1v) is 14.0. The third-order valence-electron chi connectivity index (χ3n) is 7.77. The first-order valence-electron chi connectivity index (χ1n) is 14.0. The van der Waals surface area contributed by atoms with Crippen molar-refractivity contribution in [3.05, 3.63) is 47.2 Å². The summed E-state index contributed by atoms with van der Waals surface area (Å²) in [6.07, 6.45) is 6.04. The van der Waals surface area contributed by atoms with Crippen molar-refractivity contribution < 1.29 is 24.2 Å². The van der Waals surface area contributed by atoms with Crippen molar-refractivity contribution in [1.29, 1.82) is 0 Å². The summed E-state index contributed by atoms with van der Waals surface area (Å²) in [6.45, 7) is 9.83. The maximum Gasteiger partial charge on any atom is 0.256 e. The number of nitrogens with one attached hydrogen (secondary N) is 1. The van der Waals surface area contributed by atoms with Crippen LogP contribution in [-0.4, -0.2) is 80.8 Å². The van der Waals surface area contributed by atoms with Crippen molar-refractivity contribution in [3.8, 4) is 0 Å². The highest BCUT2D eigenvalue weighted by atomic mass is 17.3. The van der Waals surface area contributed by atoms with Crippen LogP contribution in [0.3, 0.4) is 0 Å². The van der Waals surface area contributed by atoms with E-state index in [1.807, 2.05) is 24.9 Å². The number of methoxy groups -OCH3 is 1. The number of piperazine rings is 1. The van der Waals surface area contributed by atoms with Gasteiger partial charge in [0.2, 0.25) is 6.41 Å². The van der Waals surface area contributed by atoms with Gasteiger partial charge in [0.25, 0.3) is 5.91 Å². The molecule has 5 rings (SSSR count). The molecule has 0 radical (unpaired) electrons. The molecule has 2 aromatic rings. The number of hydrogen-bond acceptors (Lipinski definition) is 9. The number of carbonyl (C=O) groups excluding carboxylic acids is 2. The van der Waals surface area contributed by atoms with Crippen molar-refractivity contribution in [2.75, 3.05) is 68.0 Å². The fraction of sp³-hybridized carbons (Fsp3) is 0.552. The number of ether oxygens (including phenoxy) is 1. The molecule has 0 spiro atoms. The molecule has 3 heterocycles.